The maximum absolute atomic E-state index is 11.9. The van der Waals surface area contributed by atoms with Gasteiger partial charge in [0.05, 0.1) is 0 Å². The number of ether oxygens (including phenoxy) is 2. The summed E-state index contributed by atoms with van der Waals surface area (Å²) in [6.45, 7) is 3.02. The molecule has 6 heteroatoms. The Labute approximate surface area is 151 Å². The normalized spacial score (nSPS) is 15.8. The van der Waals surface area contributed by atoms with Gasteiger partial charge in [0.15, 0.2) is 5.57 Å². The second-order valence-electron chi connectivity index (χ2n) is 6.40. The molecule has 2 aromatic rings. The molecule has 0 amide bonds. The zero-order valence-corrected chi connectivity index (χ0v) is 14.7. The minimum absolute atomic E-state index is 0.163. The fraction of sp³-hybridized carbons (Fsp3) is 0.250. The molecule has 0 atom stereocenters. The van der Waals surface area contributed by atoms with Crippen molar-refractivity contribution in [3.63, 3.8) is 0 Å². The van der Waals surface area contributed by atoms with Crippen molar-refractivity contribution in [2.45, 2.75) is 32.5 Å². The highest BCUT2D eigenvalue weighted by Gasteiger charge is 2.38. The highest BCUT2D eigenvalue weighted by atomic mass is 16.7. The first-order chi connectivity index (χ1) is 12.4. The number of hydrogen-bond acceptors (Lipinski definition) is 6. The molecule has 0 saturated carbocycles. The molecule has 2 heterocycles. The van der Waals surface area contributed by atoms with Gasteiger partial charge in [-0.05, 0) is 42.7 Å². The number of aromatic nitrogens is 1. The second kappa shape index (κ2) is 7.39. The van der Waals surface area contributed by atoms with E-state index in [0.29, 0.717) is 0 Å². The lowest BCUT2D eigenvalue weighted by molar-refractivity contribution is -0.222. The van der Waals surface area contributed by atoms with Gasteiger partial charge in [0, 0.05) is 37.6 Å². The molecule has 3 rings (SSSR count). The first-order valence-electron chi connectivity index (χ1n) is 8.35. The maximum Gasteiger partial charge on any atom is 0.350 e. The number of anilines is 1. The maximum atomic E-state index is 11.9. The number of nitrogens with zero attached hydrogens (tertiary/aromatic N) is 1. The van der Waals surface area contributed by atoms with Gasteiger partial charge in [-0.15, -0.1) is 0 Å². The van der Waals surface area contributed by atoms with Gasteiger partial charge < -0.3 is 14.8 Å². The number of esters is 2. The molecule has 0 radical (unpaired) electrons. The van der Waals surface area contributed by atoms with E-state index in [1.165, 1.54) is 25.6 Å². The molecule has 1 aromatic carbocycles. The third-order valence-electron chi connectivity index (χ3n) is 3.85. The van der Waals surface area contributed by atoms with E-state index in [4.69, 9.17) is 9.47 Å². The molecule has 0 bridgehead atoms. The average Bonchev–Trinajstić information content (AvgIpc) is 2.60. The van der Waals surface area contributed by atoms with Crippen LogP contribution in [0.25, 0.3) is 0 Å². The van der Waals surface area contributed by atoms with Crippen molar-refractivity contribution in [2.24, 2.45) is 0 Å². The summed E-state index contributed by atoms with van der Waals surface area (Å²) in [5.74, 6) is -2.64. The number of pyridine rings is 1. The van der Waals surface area contributed by atoms with Gasteiger partial charge in [0.2, 0.25) is 0 Å². The van der Waals surface area contributed by atoms with E-state index in [1.807, 2.05) is 42.5 Å². The van der Waals surface area contributed by atoms with Crippen LogP contribution in [0.15, 0.2) is 60.4 Å². The van der Waals surface area contributed by atoms with Gasteiger partial charge in [-0.25, -0.2) is 9.59 Å². The molecule has 0 spiro atoms. The van der Waals surface area contributed by atoms with Gasteiger partial charge in [-0.1, -0.05) is 18.2 Å². The van der Waals surface area contributed by atoms with Crippen LogP contribution in [0.4, 0.5) is 5.69 Å². The van der Waals surface area contributed by atoms with Crippen LogP contribution in [0.1, 0.15) is 25.1 Å². The lowest BCUT2D eigenvalue weighted by Crippen LogP contribution is -2.42. The smallest absolute Gasteiger partial charge is 0.350 e. The Hall–Kier alpha value is -3.15. The Balaban J connectivity index is 1.59. The summed E-state index contributed by atoms with van der Waals surface area (Å²) in [6, 6.07) is 13.6. The van der Waals surface area contributed by atoms with Crippen molar-refractivity contribution in [2.75, 3.05) is 5.32 Å². The Morgan fingerprint density at radius 1 is 1.00 bits per heavy atom. The molecule has 1 aliphatic heterocycles. The third-order valence-corrected chi connectivity index (χ3v) is 3.85. The highest BCUT2D eigenvalue weighted by Crippen LogP contribution is 2.22. The summed E-state index contributed by atoms with van der Waals surface area (Å²) in [5.41, 5.74) is 2.82. The van der Waals surface area contributed by atoms with Gasteiger partial charge in [-0.2, -0.15) is 0 Å². The number of carbonyl (C=O) groups is 2. The van der Waals surface area contributed by atoms with E-state index in [9.17, 15) is 9.59 Å². The van der Waals surface area contributed by atoms with Crippen LogP contribution in [0.5, 0.6) is 0 Å². The molecule has 1 aliphatic rings. The molecule has 6 nitrogen and oxygen atoms in total. The number of carbonyl (C=O) groups excluding carboxylic acids is 2. The summed E-state index contributed by atoms with van der Waals surface area (Å²) >= 11 is 0. The van der Waals surface area contributed by atoms with Crippen LogP contribution < -0.4 is 5.32 Å². The van der Waals surface area contributed by atoms with Crippen molar-refractivity contribution >= 4 is 17.6 Å². The van der Waals surface area contributed by atoms with E-state index < -0.39 is 17.7 Å². The molecule has 134 valence electrons. The van der Waals surface area contributed by atoms with Crippen molar-refractivity contribution < 1.29 is 19.1 Å². The van der Waals surface area contributed by atoms with Crippen molar-refractivity contribution in [3.8, 4) is 0 Å². The average molecular weight is 352 g/mol. The summed E-state index contributed by atoms with van der Waals surface area (Å²) < 4.78 is 10.1. The number of cyclic esters (lactones) is 2. The molecular weight excluding hydrogens is 332 g/mol. The number of hydrogen-bond donors (Lipinski definition) is 1. The van der Waals surface area contributed by atoms with Crippen LogP contribution in [0.3, 0.4) is 0 Å². The minimum Gasteiger partial charge on any atom is -0.419 e. The standard InChI is InChI=1S/C20H20N2O4/c1-20(2)25-18(23)17(19(24)26-20)13-22-16-10-7-14(8-11-16)6-9-15-5-3-4-12-21-15/h3-5,7-8,10-13,22H,6,9H2,1-2H3. The lowest BCUT2D eigenvalue weighted by atomic mass is 10.1. The second-order valence-corrected chi connectivity index (χ2v) is 6.40. The number of rotatable bonds is 5. The molecule has 1 N–H and O–H groups in total. The first-order valence-corrected chi connectivity index (χ1v) is 8.35. The van der Waals surface area contributed by atoms with Crippen LogP contribution in [0.2, 0.25) is 0 Å². The quantitative estimate of drug-likeness (QED) is 0.506. The number of aryl methyl sites for hydroxylation is 2. The van der Waals surface area contributed by atoms with Crippen molar-refractivity contribution in [3.05, 3.63) is 71.7 Å². The van der Waals surface area contributed by atoms with Gasteiger partial charge in [-0.3, -0.25) is 4.98 Å². The zero-order valence-electron chi connectivity index (χ0n) is 14.7. The van der Waals surface area contributed by atoms with Gasteiger partial charge in [0.1, 0.15) is 0 Å². The van der Waals surface area contributed by atoms with Crippen LogP contribution in [-0.4, -0.2) is 22.7 Å². The topological polar surface area (TPSA) is 77.5 Å². The highest BCUT2D eigenvalue weighted by molar-refractivity contribution is 6.15. The van der Waals surface area contributed by atoms with E-state index in [-0.39, 0.29) is 5.57 Å². The zero-order chi connectivity index (χ0) is 18.6. The summed E-state index contributed by atoms with van der Waals surface area (Å²) in [7, 11) is 0. The molecule has 1 saturated heterocycles. The number of nitrogens with one attached hydrogen (secondary N) is 1. The van der Waals surface area contributed by atoms with E-state index in [1.54, 1.807) is 6.20 Å². The predicted octanol–water partition coefficient (Wildman–Crippen LogP) is 3.00. The van der Waals surface area contributed by atoms with E-state index in [0.717, 1.165) is 24.2 Å². The van der Waals surface area contributed by atoms with Crippen molar-refractivity contribution in [1.82, 2.24) is 4.98 Å². The molecule has 1 aromatic heterocycles. The fourth-order valence-corrected chi connectivity index (χ4v) is 2.52. The minimum atomic E-state index is -1.24. The summed E-state index contributed by atoms with van der Waals surface area (Å²) in [5, 5.41) is 2.93. The fourth-order valence-electron chi connectivity index (χ4n) is 2.52. The molecular formula is C20H20N2O4. The van der Waals surface area contributed by atoms with Crippen LogP contribution in [-0.2, 0) is 31.9 Å². The third kappa shape index (κ3) is 4.47. The predicted molar refractivity (Wildman–Crippen MR) is 96.1 cm³/mol. The lowest BCUT2D eigenvalue weighted by Gasteiger charge is -2.29. The van der Waals surface area contributed by atoms with E-state index in [2.05, 4.69) is 10.3 Å². The summed E-state index contributed by atoms with van der Waals surface area (Å²) in [4.78, 5) is 28.1. The molecule has 0 unspecified atom stereocenters. The largest absolute Gasteiger partial charge is 0.419 e. The molecule has 0 aliphatic carbocycles. The molecule has 1 fully saturated rings. The monoisotopic (exact) mass is 352 g/mol. The summed E-state index contributed by atoms with van der Waals surface area (Å²) in [6.07, 6.45) is 4.85. The van der Waals surface area contributed by atoms with E-state index >= 15 is 0 Å². The van der Waals surface area contributed by atoms with Gasteiger partial charge >= 0.3 is 11.9 Å². The Kier molecular flexibility index (Phi) is 5.02. The van der Waals surface area contributed by atoms with Crippen LogP contribution in [0, 0.1) is 0 Å². The van der Waals surface area contributed by atoms with Crippen LogP contribution >= 0.6 is 0 Å². The van der Waals surface area contributed by atoms with Crippen molar-refractivity contribution in [1.29, 1.82) is 0 Å². The Bertz CT molecular complexity index is 805. The van der Waals surface area contributed by atoms with Gasteiger partial charge in [0.25, 0.3) is 5.79 Å². The Morgan fingerprint density at radius 3 is 2.31 bits per heavy atom. The Morgan fingerprint density at radius 2 is 1.69 bits per heavy atom. The number of benzene rings is 1. The molecule has 26 heavy (non-hydrogen) atoms. The first kappa shape index (κ1) is 17.7. The SMILES string of the molecule is CC1(C)OC(=O)C(=CNc2ccc(CCc3ccccn3)cc2)C(=O)O1.